The van der Waals surface area contributed by atoms with Gasteiger partial charge in [0, 0.05) is 0 Å². The van der Waals surface area contributed by atoms with E-state index in [1.165, 1.54) is 37.3 Å². The standard InChI is InChI=1S/C48H52N2P2/c1-38-46(2,3)45(51(39-26-14-8-15-27-39,40-28-16-9-17-29-40)41-30-18-10-19-31-41)49-50(38)47(4,5)48(6,7)52(42-32-20-11-21-33-42,43-34-22-12-23-35-43)44-36-24-13-25-37-44/h8-38H,1-7H3/q+2/t38-/m1/s1. The van der Waals surface area contributed by atoms with E-state index in [1.807, 2.05) is 0 Å². The summed E-state index contributed by atoms with van der Waals surface area (Å²) >= 11 is 0. The Morgan fingerprint density at radius 3 is 1.02 bits per heavy atom. The summed E-state index contributed by atoms with van der Waals surface area (Å²) in [6, 6.07) is 67.7. The molecule has 1 aliphatic rings. The molecule has 1 heterocycles. The van der Waals surface area contributed by atoms with Gasteiger partial charge in [-0.05, 0) is 121 Å². The molecule has 0 N–H and O–H groups in total. The molecule has 262 valence electrons. The summed E-state index contributed by atoms with van der Waals surface area (Å²) in [5, 5.41) is 16.5. The number of benzene rings is 6. The van der Waals surface area contributed by atoms with Crippen LogP contribution in [0.3, 0.4) is 0 Å². The van der Waals surface area contributed by atoms with Crippen LogP contribution in [-0.4, -0.2) is 27.2 Å². The van der Waals surface area contributed by atoms with E-state index >= 15 is 0 Å². The van der Waals surface area contributed by atoms with Crippen molar-refractivity contribution in [2.75, 3.05) is 0 Å². The largest absolute Gasteiger partial charge is 0.280 e. The van der Waals surface area contributed by atoms with E-state index in [9.17, 15) is 0 Å². The Bertz CT molecular complexity index is 1920. The van der Waals surface area contributed by atoms with Gasteiger partial charge in [0.1, 0.15) is 44.2 Å². The lowest BCUT2D eigenvalue weighted by molar-refractivity contribution is 0.0417. The molecule has 0 aliphatic carbocycles. The molecule has 0 aromatic heterocycles. The molecule has 6 aromatic rings. The third-order valence-electron chi connectivity index (χ3n) is 12.3. The van der Waals surface area contributed by atoms with Gasteiger partial charge in [0.25, 0.3) is 0 Å². The first-order valence-electron chi connectivity index (χ1n) is 18.5. The minimum Gasteiger partial charge on any atom is -0.280 e. The van der Waals surface area contributed by atoms with E-state index in [0.29, 0.717) is 0 Å². The maximum atomic E-state index is 6.07. The fraction of sp³-hybridized carbons (Fsp3) is 0.229. The molecular formula is C48H52N2P2+2. The van der Waals surface area contributed by atoms with Crippen LogP contribution in [0, 0.1) is 5.41 Å². The van der Waals surface area contributed by atoms with Gasteiger partial charge in [0.05, 0.1) is 17.0 Å². The molecule has 1 atom stereocenters. The zero-order valence-corrected chi connectivity index (χ0v) is 33.5. The number of rotatable bonds is 10. The van der Waals surface area contributed by atoms with Crippen molar-refractivity contribution in [3.63, 3.8) is 0 Å². The minimum atomic E-state index is -2.42. The van der Waals surface area contributed by atoms with Crippen LogP contribution in [0.1, 0.15) is 48.5 Å². The Morgan fingerprint density at radius 1 is 0.462 bits per heavy atom. The first kappa shape index (κ1) is 36.0. The van der Waals surface area contributed by atoms with Gasteiger partial charge in [-0.15, -0.1) is 5.10 Å². The molecule has 52 heavy (non-hydrogen) atoms. The van der Waals surface area contributed by atoms with Crippen LogP contribution in [0.2, 0.25) is 0 Å². The summed E-state index contributed by atoms with van der Waals surface area (Å²) in [5.74, 6) is 0. The molecule has 0 saturated heterocycles. The van der Waals surface area contributed by atoms with Crippen LogP contribution >= 0.6 is 14.5 Å². The first-order valence-corrected chi connectivity index (χ1v) is 22.1. The number of hydrogen-bond acceptors (Lipinski definition) is 2. The second kappa shape index (κ2) is 13.9. The summed E-state index contributed by atoms with van der Waals surface area (Å²) in [6.45, 7) is 17.3. The van der Waals surface area contributed by atoms with Gasteiger partial charge < -0.3 is 0 Å². The third kappa shape index (κ3) is 5.41. The van der Waals surface area contributed by atoms with E-state index < -0.39 is 20.1 Å². The second-order valence-corrected chi connectivity index (χ2v) is 23.0. The van der Waals surface area contributed by atoms with Crippen molar-refractivity contribution in [1.82, 2.24) is 5.01 Å². The fourth-order valence-electron chi connectivity index (χ4n) is 8.75. The second-order valence-electron chi connectivity index (χ2n) is 15.6. The molecule has 1 aliphatic heterocycles. The highest BCUT2D eigenvalue weighted by Crippen LogP contribution is 2.71. The highest BCUT2D eigenvalue weighted by molar-refractivity contribution is 8.08. The molecule has 0 amide bonds. The van der Waals surface area contributed by atoms with Crippen LogP contribution < -0.4 is 31.8 Å². The Kier molecular flexibility index (Phi) is 9.63. The topological polar surface area (TPSA) is 15.6 Å². The molecule has 0 bridgehead atoms. The monoisotopic (exact) mass is 718 g/mol. The lowest BCUT2D eigenvalue weighted by Crippen LogP contribution is -2.63. The summed E-state index contributed by atoms with van der Waals surface area (Å²) in [5.41, 5.74) is 0.624. The minimum absolute atomic E-state index is 0.122. The van der Waals surface area contributed by atoms with Crippen LogP contribution in [0.4, 0.5) is 0 Å². The van der Waals surface area contributed by atoms with E-state index in [4.69, 9.17) is 5.10 Å². The number of hydrogen-bond donors (Lipinski definition) is 0. The molecule has 0 unspecified atom stereocenters. The predicted octanol–water partition coefficient (Wildman–Crippen LogP) is 9.58. The fourth-order valence-corrected chi connectivity index (χ4v) is 19.1. The van der Waals surface area contributed by atoms with Crippen molar-refractivity contribution in [1.29, 1.82) is 0 Å². The Hall–Kier alpha value is -4.35. The highest BCUT2D eigenvalue weighted by atomic mass is 31.2. The summed E-state index contributed by atoms with van der Waals surface area (Å²) in [6.07, 6.45) is 0. The number of nitrogens with zero attached hydrogens (tertiary/aromatic N) is 2. The van der Waals surface area contributed by atoms with Crippen LogP contribution in [0.5, 0.6) is 0 Å². The molecule has 4 heteroatoms. The molecule has 0 spiro atoms. The molecule has 0 fully saturated rings. The first-order chi connectivity index (χ1) is 25.0. The van der Waals surface area contributed by atoms with Crippen LogP contribution in [0.25, 0.3) is 0 Å². The van der Waals surface area contributed by atoms with Crippen molar-refractivity contribution in [3.05, 3.63) is 182 Å². The molecule has 2 nitrogen and oxygen atoms in total. The number of hydrazone groups is 1. The van der Waals surface area contributed by atoms with Crippen LogP contribution in [0.15, 0.2) is 187 Å². The van der Waals surface area contributed by atoms with Gasteiger partial charge in [-0.25, -0.2) is 0 Å². The zero-order valence-electron chi connectivity index (χ0n) is 31.7. The summed E-state index contributed by atoms with van der Waals surface area (Å²) in [7, 11) is -4.75. The Balaban J connectivity index is 1.53. The van der Waals surface area contributed by atoms with Gasteiger partial charge in [0.2, 0.25) is 0 Å². The quantitative estimate of drug-likeness (QED) is 0.129. The smallest absolute Gasteiger partial charge is 0.200 e. The molecular weight excluding hydrogens is 666 g/mol. The maximum absolute atomic E-state index is 6.07. The maximum Gasteiger partial charge on any atom is 0.200 e. The van der Waals surface area contributed by atoms with Gasteiger partial charge in [0.15, 0.2) is 12.7 Å². The van der Waals surface area contributed by atoms with Crippen molar-refractivity contribution < 1.29 is 0 Å². The molecule has 0 radical (unpaired) electrons. The average molecular weight is 719 g/mol. The van der Waals surface area contributed by atoms with E-state index in [-0.39, 0.29) is 16.6 Å². The van der Waals surface area contributed by atoms with Gasteiger partial charge in [-0.1, -0.05) is 109 Å². The molecule has 0 saturated carbocycles. The Morgan fingerprint density at radius 2 is 0.731 bits per heavy atom. The normalized spacial score (nSPS) is 16.4. The SMILES string of the molecule is C[C@H]1N(C(C)(C)C(C)(C)[P+](c2ccccc2)(c2ccccc2)c2ccccc2)N=C([P+](c2ccccc2)(c2ccccc2)c2ccccc2)C1(C)C. The Labute approximate surface area is 313 Å². The predicted molar refractivity (Wildman–Crippen MR) is 231 cm³/mol. The lowest BCUT2D eigenvalue weighted by Gasteiger charge is -2.53. The van der Waals surface area contributed by atoms with E-state index in [0.717, 1.165) is 0 Å². The van der Waals surface area contributed by atoms with Crippen molar-refractivity contribution in [2.24, 2.45) is 10.5 Å². The third-order valence-corrected chi connectivity index (χ3v) is 22.2. The van der Waals surface area contributed by atoms with Gasteiger partial charge in [-0.2, -0.15) is 0 Å². The zero-order chi connectivity index (χ0) is 36.6. The molecule has 6 aromatic carbocycles. The summed E-state index contributed by atoms with van der Waals surface area (Å²) < 4.78 is 0. The van der Waals surface area contributed by atoms with Crippen LogP contribution in [-0.2, 0) is 0 Å². The van der Waals surface area contributed by atoms with Crippen molar-refractivity contribution >= 4 is 51.8 Å². The van der Waals surface area contributed by atoms with Crippen molar-refractivity contribution in [3.8, 4) is 0 Å². The molecule has 7 rings (SSSR count). The van der Waals surface area contributed by atoms with E-state index in [1.54, 1.807) is 0 Å². The lowest BCUT2D eigenvalue weighted by atomic mass is 9.82. The average Bonchev–Trinajstić information content (AvgIpc) is 3.43. The van der Waals surface area contributed by atoms with Gasteiger partial charge in [-0.3, -0.25) is 5.01 Å². The van der Waals surface area contributed by atoms with Crippen molar-refractivity contribution in [2.45, 2.75) is 65.2 Å². The highest BCUT2D eigenvalue weighted by Gasteiger charge is 2.69. The summed E-state index contributed by atoms with van der Waals surface area (Å²) in [4.78, 5) is 0. The van der Waals surface area contributed by atoms with Gasteiger partial charge >= 0.3 is 0 Å². The van der Waals surface area contributed by atoms with E-state index in [2.05, 4.69) is 235 Å².